The highest BCUT2D eigenvalue weighted by Crippen LogP contribution is 2.14. The molecule has 66 valence electrons. The summed E-state index contributed by atoms with van der Waals surface area (Å²) < 4.78 is 0. The lowest BCUT2D eigenvalue weighted by Gasteiger charge is -2.04. The zero-order valence-electron chi connectivity index (χ0n) is 8.30. The summed E-state index contributed by atoms with van der Waals surface area (Å²) in [6, 6.07) is 0. The van der Waals surface area contributed by atoms with Gasteiger partial charge in [-0.15, -0.1) is 0 Å². The highest BCUT2D eigenvalue weighted by Gasteiger charge is 1.96. The van der Waals surface area contributed by atoms with Crippen LogP contribution in [0.1, 0.15) is 20.8 Å². The van der Waals surface area contributed by atoms with E-state index < -0.39 is 0 Å². The van der Waals surface area contributed by atoms with Crippen LogP contribution in [0.15, 0.2) is 48.6 Å². The van der Waals surface area contributed by atoms with Crippen molar-refractivity contribution in [3.63, 3.8) is 0 Å². The summed E-state index contributed by atoms with van der Waals surface area (Å²) in [5.41, 5.74) is 2.32. The molecule has 0 atom stereocenters. The molecular weight excluding hydrogens is 144 g/mol. The topological polar surface area (TPSA) is 0 Å². The van der Waals surface area contributed by atoms with E-state index in [0.29, 0.717) is 5.92 Å². The molecule has 0 bridgehead atoms. The van der Waals surface area contributed by atoms with Crippen molar-refractivity contribution in [3.05, 3.63) is 48.6 Å². The molecule has 0 aliphatic carbocycles. The molecule has 0 saturated heterocycles. The van der Waals surface area contributed by atoms with Gasteiger partial charge in [-0.05, 0) is 24.0 Å². The summed E-state index contributed by atoms with van der Waals surface area (Å²) in [4.78, 5) is 0. The molecule has 0 nitrogen and oxygen atoms in total. The Morgan fingerprint density at radius 3 is 1.83 bits per heavy atom. The minimum Gasteiger partial charge on any atom is -0.0985 e. The molecule has 12 heavy (non-hydrogen) atoms. The van der Waals surface area contributed by atoms with Crippen LogP contribution in [0.4, 0.5) is 0 Å². The lowest BCUT2D eigenvalue weighted by atomic mass is 10.0. The van der Waals surface area contributed by atoms with E-state index in [2.05, 4.69) is 33.1 Å². The van der Waals surface area contributed by atoms with E-state index in [0.717, 1.165) is 5.57 Å². The molecule has 0 radical (unpaired) electrons. The molecule has 0 heterocycles. The Balaban J connectivity index is 4.77. The van der Waals surface area contributed by atoms with E-state index in [1.807, 2.05) is 25.2 Å². The fraction of sp³-hybridized carbons (Fsp3) is 0.333. The van der Waals surface area contributed by atoms with Crippen molar-refractivity contribution in [2.75, 3.05) is 0 Å². The van der Waals surface area contributed by atoms with Crippen LogP contribution in [-0.4, -0.2) is 0 Å². The Morgan fingerprint density at radius 2 is 1.58 bits per heavy atom. The van der Waals surface area contributed by atoms with E-state index in [1.54, 1.807) is 0 Å². The Kier molecular flexibility index (Phi) is 5.11. The van der Waals surface area contributed by atoms with Gasteiger partial charge in [-0.3, -0.25) is 0 Å². The van der Waals surface area contributed by atoms with Crippen molar-refractivity contribution in [1.29, 1.82) is 0 Å². The number of hydrogen-bond acceptors (Lipinski definition) is 0. The van der Waals surface area contributed by atoms with E-state index >= 15 is 0 Å². The quantitative estimate of drug-likeness (QED) is 0.550. The molecule has 0 unspecified atom stereocenters. The molecule has 0 rings (SSSR count). The van der Waals surface area contributed by atoms with Crippen LogP contribution < -0.4 is 0 Å². The SMILES string of the molecule is C=CC(=C/C)/C(C=C)=C\C(C)C. The molecule has 0 aromatic heterocycles. The lowest BCUT2D eigenvalue weighted by molar-refractivity contribution is 0.827. The molecule has 0 aromatic carbocycles. The average molecular weight is 162 g/mol. The largest absolute Gasteiger partial charge is 0.0985 e. The van der Waals surface area contributed by atoms with Gasteiger partial charge in [0.05, 0.1) is 0 Å². The van der Waals surface area contributed by atoms with Crippen LogP contribution in [0.5, 0.6) is 0 Å². The van der Waals surface area contributed by atoms with Crippen molar-refractivity contribution in [3.8, 4) is 0 Å². The molecule has 0 fully saturated rings. The van der Waals surface area contributed by atoms with Gasteiger partial charge >= 0.3 is 0 Å². The summed E-state index contributed by atoms with van der Waals surface area (Å²) >= 11 is 0. The summed E-state index contributed by atoms with van der Waals surface area (Å²) in [5, 5.41) is 0. The minimum absolute atomic E-state index is 0.549. The molecule has 0 aromatic rings. The van der Waals surface area contributed by atoms with E-state index in [-0.39, 0.29) is 0 Å². The molecule has 0 aliphatic heterocycles. The Bertz CT molecular complexity index is 214. The summed E-state index contributed by atoms with van der Waals surface area (Å²) in [5.74, 6) is 0.549. The first-order chi connectivity index (χ1) is 5.65. The number of hydrogen-bond donors (Lipinski definition) is 0. The molecule has 0 heteroatoms. The van der Waals surface area contributed by atoms with Crippen LogP contribution in [0.2, 0.25) is 0 Å². The third-order valence-corrected chi connectivity index (χ3v) is 1.60. The normalized spacial score (nSPS) is 13.3. The van der Waals surface area contributed by atoms with Gasteiger partial charge in [0.15, 0.2) is 0 Å². The maximum atomic E-state index is 3.77. The molecule has 0 saturated carbocycles. The monoisotopic (exact) mass is 162 g/mol. The summed E-state index contributed by atoms with van der Waals surface area (Å²) in [7, 11) is 0. The molecule has 0 spiro atoms. The maximum absolute atomic E-state index is 3.77. The fourth-order valence-corrected chi connectivity index (χ4v) is 1.04. The summed E-state index contributed by atoms with van der Waals surface area (Å²) in [6.45, 7) is 13.8. The Labute approximate surface area is 76.0 Å². The smallest absolute Gasteiger partial charge is 0.0231 e. The maximum Gasteiger partial charge on any atom is -0.0231 e. The first-order valence-electron chi connectivity index (χ1n) is 4.29. The minimum atomic E-state index is 0.549. The van der Waals surface area contributed by atoms with Crippen LogP contribution in [0, 0.1) is 5.92 Å². The Hall–Kier alpha value is -1.04. The standard InChI is InChI=1S/C12H18/c1-6-11(7-2)12(8-3)9-10(4)5/h6-10H,1,3H2,2,4-5H3/b11-7-,12-9-. The predicted octanol–water partition coefficient (Wildman–Crippen LogP) is 3.89. The first kappa shape index (κ1) is 11.0. The van der Waals surface area contributed by atoms with E-state index in [1.165, 1.54) is 5.57 Å². The van der Waals surface area contributed by atoms with Gasteiger partial charge in [-0.2, -0.15) is 0 Å². The third-order valence-electron chi connectivity index (χ3n) is 1.60. The van der Waals surface area contributed by atoms with Crippen molar-refractivity contribution in [2.45, 2.75) is 20.8 Å². The van der Waals surface area contributed by atoms with Gasteiger partial charge in [0.1, 0.15) is 0 Å². The van der Waals surface area contributed by atoms with Crippen molar-refractivity contribution in [1.82, 2.24) is 0 Å². The molecule has 0 amide bonds. The predicted molar refractivity (Wildman–Crippen MR) is 57.1 cm³/mol. The van der Waals surface area contributed by atoms with Gasteiger partial charge in [0.2, 0.25) is 0 Å². The van der Waals surface area contributed by atoms with Gasteiger partial charge in [0, 0.05) is 0 Å². The van der Waals surface area contributed by atoms with Gasteiger partial charge in [0.25, 0.3) is 0 Å². The third kappa shape index (κ3) is 3.38. The number of allylic oxidation sites excluding steroid dienone is 6. The van der Waals surface area contributed by atoms with Crippen LogP contribution >= 0.6 is 0 Å². The van der Waals surface area contributed by atoms with Crippen LogP contribution in [-0.2, 0) is 0 Å². The van der Waals surface area contributed by atoms with Crippen molar-refractivity contribution >= 4 is 0 Å². The van der Waals surface area contributed by atoms with Crippen molar-refractivity contribution < 1.29 is 0 Å². The second-order valence-corrected chi connectivity index (χ2v) is 3.02. The second-order valence-electron chi connectivity index (χ2n) is 3.02. The van der Waals surface area contributed by atoms with E-state index in [9.17, 15) is 0 Å². The summed E-state index contributed by atoms with van der Waals surface area (Å²) in [6.07, 6.45) is 7.96. The molecule has 0 aliphatic rings. The van der Waals surface area contributed by atoms with E-state index in [4.69, 9.17) is 0 Å². The van der Waals surface area contributed by atoms with Gasteiger partial charge < -0.3 is 0 Å². The molecule has 0 N–H and O–H groups in total. The zero-order chi connectivity index (χ0) is 9.56. The average Bonchev–Trinajstić information content (AvgIpc) is 2.04. The van der Waals surface area contributed by atoms with Crippen LogP contribution in [0.25, 0.3) is 0 Å². The van der Waals surface area contributed by atoms with Gasteiger partial charge in [-0.25, -0.2) is 0 Å². The highest BCUT2D eigenvalue weighted by atomic mass is 14.0. The zero-order valence-corrected chi connectivity index (χ0v) is 8.30. The molecular formula is C12H18. The number of rotatable bonds is 4. The Morgan fingerprint density at radius 1 is 1.08 bits per heavy atom. The van der Waals surface area contributed by atoms with Crippen molar-refractivity contribution in [2.24, 2.45) is 5.92 Å². The fourth-order valence-electron chi connectivity index (χ4n) is 1.04. The second kappa shape index (κ2) is 5.59. The highest BCUT2D eigenvalue weighted by molar-refractivity contribution is 5.44. The van der Waals surface area contributed by atoms with Gasteiger partial charge in [-0.1, -0.05) is 51.3 Å². The van der Waals surface area contributed by atoms with Crippen LogP contribution in [0.3, 0.4) is 0 Å². The lowest BCUT2D eigenvalue weighted by Crippen LogP contribution is -1.87. The first-order valence-corrected chi connectivity index (χ1v) is 4.29.